The summed E-state index contributed by atoms with van der Waals surface area (Å²) in [5.41, 5.74) is 2.78. The highest BCUT2D eigenvalue weighted by Crippen LogP contribution is 2.22. The fraction of sp³-hybridized carbons (Fsp3) is 0.167. The summed E-state index contributed by atoms with van der Waals surface area (Å²) >= 11 is 0. The highest BCUT2D eigenvalue weighted by atomic mass is 16.5. The monoisotopic (exact) mass is 324 g/mol. The molecule has 0 saturated heterocycles. The first kappa shape index (κ1) is 15.7. The Balaban J connectivity index is 1.74. The number of pyridine rings is 1. The van der Waals surface area contributed by atoms with E-state index in [-0.39, 0.29) is 18.0 Å². The molecule has 24 heavy (non-hydrogen) atoms. The number of aryl methyl sites for hydroxylation is 1. The second-order valence-corrected chi connectivity index (χ2v) is 5.34. The minimum Gasteiger partial charge on any atom is -0.619 e. The fourth-order valence-corrected chi connectivity index (χ4v) is 2.58. The molecule has 0 aliphatic rings. The van der Waals surface area contributed by atoms with Crippen molar-refractivity contribution in [2.24, 2.45) is 0 Å². The van der Waals surface area contributed by atoms with E-state index >= 15 is 0 Å². The van der Waals surface area contributed by atoms with Crippen LogP contribution in [0.15, 0.2) is 48.9 Å². The summed E-state index contributed by atoms with van der Waals surface area (Å²) in [6.07, 6.45) is 4.89. The molecule has 0 atom stereocenters. The molecule has 0 unspecified atom stereocenters. The summed E-state index contributed by atoms with van der Waals surface area (Å²) in [5, 5.41) is 11.8. The summed E-state index contributed by atoms with van der Waals surface area (Å²) in [6, 6.07) is 8.47. The summed E-state index contributed by atoms with van der Waals surface area (Å²) in [5.74, 6) is -0.921. The SMILES string of the molecule is CCc1cccc2c(C(=O)COC(=O)c3cc[n+]([O-])cc3)c[nH]c12. The first-order valence-electron chi connectivity index (χ1n) is 7.58. The van der Waals surface area contributed by atoms with Gasteiger partial charge in [0.2, 0.25) is 5.78 Å². The Morgan fingerprint density at radius 3 is 2.67 bits per heavy atom. The number of carbonyl (C=O) groups is 2. The van der Waals surface area contributed by atoms with Gasteiger partial charge in [-0.05, 0) is 12.0 Å². The van der Waals surface area contributed by atoms with E-state index in [1.54, 1.807) is 6.20 Å². The van der Waals surface area contributed by atoms with Crippen molar-refractivity contribution in [2.45, 2.75) is 13.3 Å². The van der Waals surface area contributed by atoms with E-state index in [1.807, 2.05) is 25.1 Å². The quantitative estimate of drug-likeness (QED) is 0.338. The zero-order chi connectivity index (χ0) is 17.1. The topological polar surface area (TPSA) is 86.1 Å². The molecule has 0 spiro atoms. The number of hydrogen-bond acceptors (Lipinski definition) is 4. The first-order chi connectivity index (χ1) is 11.6. The van der Waals surface area contributed by atoms with E-state index in [2.05, 4.69) is 4.98 Å². The van der Waals surface area contributed by atoms with Crippen molar-refractivity contribution >= 4 is 22.7 Å². The van der Waals surface area contributed by atoms with Crippen molar-refractivity contribution in [3.8, 4) is 0 Å². The van der Waals surface area contributed by atoms with Crippen LogP contribution >= 0.6 is 0 Å². The van der Waals surface area contributed by atoms with E-state index in [1.165, 1.54) is 24.5 Å². The third kappa shape index (κ3) is 2.99. The normalized spacial score (nSPS) is 10.7. The van der Waals surface area contributed by atoms with Gasteiger partial charge >= 0.3 is 5.97 Å². The van der Waals surface area contributed by atoms with Gasteiger partial charge in [0, 0.05) is 34.8 Å². The van der Waals surface area contributed by atoms with E-state index < -0.39 is 5.97 Å². The van der Waals surface area contributed by atoms with Crippen molar-refractivity contribution in [3.63, 3.8) is 0 Å². The molecule has 0 radical (unpaired) electrons. The van der Waals surface area contributed by atoms with Gasteiger partial charge in [-0.2, -0.15) is 4.73 Å². The summed E-state index contributed by atoms with van der Waals surface area (Å²) < 4.78 is 5.61. The molecule has 3 rings (SSSR count). The van der Waals surface area contributed by atoms with Crippen LogP contribution in [0.5, 0.6) is 0 Å². The summed E-state index contributed by atoms with van der Waals surface area (Å²) in [6.45, 7) is 1.69. The second-order valence-electron chi connectivity index (χ2n) is 5.34. The van der Waals surface area contributed by atoms with Crippen LogP contribution < -0.4 is 4.73 Å². The molecule has 122 valence electrons. The Kier molecular flexibility index (Phi) is 4.29. The van der Waals surface area contributed by atoms with Crippen LogP contribution in [0.4, 0.5) is 0 Å². The van der Waals surface area contributed by atoms with Gasteiger partial charge in [0.1, 0.15) is 0 Å². The lowest BCUT2D eigenvalue weighted by atomic mass is 10.1. The van der Waals surface area contributed by atoms with E-state index in [0.29, 0.717) is 10.3 Å². The Labute approximate surface area is 138 Å². The standard InChI is InChI=1S/C18H16N2O4/c1-2-12-4-3-5-14-15(10-19-17(12)14)16(21)11-24-18(22)13-6-8-20(23)9-7-13/h3-10,19H,2,11H2,1H3. The minimum absolute atomic E-state index is 0.224. The largest absolute Gasteiger partial charge is 0.619 e. The molecular formula is C18H16N2O4. The number of benzene rings is 1. The molecule has 1 aromatic carbocycles. The number of fused-ring (bicyclic) bond motifs is 1. The lowest BCUT2D eigenvalue weighted by molar-refractivity contribution is -0.605. The van der Waals surface area contributed by atoms with Gasteiger partial charge in [-0.1, -0.05) is 25.1 Å². The van der Waals surface area contributed by atoms with Crippen molar-refractivity contribution in [1.29, 1.82) is 0 Å². The number of nitrogens with one attached hydrogen (secondary N) is 1. The molecule has 1 N–H and O–H groups in total. The lowest BCUT2D eigenvalue weighted by Gasteiger charge is -2.04. The maximum Gasteiger partial charge on any atom is 0.339 e. The Bertz CT molecular complexity index is 897. The molecule has 6 nitrogen and oxygen atoms in total. The highest BCUT2D eigenvalue weighted by Gasteiger charge is 2.16. The van der Waals surface area contributed by atoms with Gasteiger partial charge in [-0.3, -0.25) is 4.79 Å². The summed E-state index contributed by atoms with van der Waals surface area (Å²) in [7, 11) is 0. The van der Waals surface area contributed by atoms with Crippen molar-refractivity contribution in [3.05, 3.63) is 70.8 Å². The smallest absolute Gasteiger partial charge is 0.339 e. The third-order valence-corrected chi connectivity index (χ3v) is 3.86. The zero-order valence-electron chi connectivity index (χ0n) is 13.1. The molecular weight excluding hydrogens is 308 g/mol. The molecule has 0 bridgehead atoms. The zero-order valence-corrected chi connectivity index (χ0v) is 13.1. The number of aromatic nitrogens is 2. The van der Waals surface area contributed by atoms with Crippen LogP contribution in [-0.4, -0.2) is 23.3 Å². The molecule has 0 fully saturated rings. The van der Waals surface area contributed by atoms with Crippen molar-refractivity contribution in [1.82, 2.24) is 4.98 Å². The van der Waals surface area contributed by atoms with Gasteiger partial charge in [0.25, 0.3) is 0 Å². The molecule has 0 saturated carbocycles. The maximum absolute atomic E-state index is 12.4. The number of ether oxygens (including phenoxy) is 1. The number of para-hydroxylation sites is 1. The van der Waals surface area contributed by atoms with E-state index in [0.717, 1.165) is 22.9 Å². The first-order valence-corrected chi connectivity index (χ1v) is 7.58. The van der Waals surface area contributed by atoms with Gasteiger partial charge < -0.3 is 14.9 Å². The number of H-pyrrole nitrogens is 1. The number of carbonyl (C=O) groups excluding carboxylic acids is 2. The molecule has 2 aromatic heterocycles. The molecule has 0 aliphatic carbocycles. The molecule has 0 amide bonds. The van der Waals surface area contributed by atoms with Crippen LogP contribution in [0.3, 0.4) is 0 Å². The fourth-order valence-electron chi connectivity index (χ4n) is 2.58. The van der Waals surface area contributed by atoms with Crippen molar-refractivity contribution in [2.75, 3.05) is 6.61 Å². The highest BCUT2D eigenvalue weighted by molar-refractivity contribution is 6.09. The molecule has 2 heterocycles. The van der Waals surface area contributed by atoms with Gasteiger partial charge in [0.05, 0.1) is 5.56 Å². The van der Waals surface area contributed by atoms with E-state index in [4.69, 9.17) is 4.74 Å². The van der Waals surface area contributed by atoms with Crippen LogP contribution in [0.25, 0.3) is 10.9 Å². The number of esters is 1. The predicted octanol–water partition coefficient (Wildman–Crippen LogP) is 2.40. The van der Waals surface area contributed by atoms with Gasteiger partial charge in [0.15, 0.2) is 19.0 Å². The predicted molar refractivity (Wildman–Crippen MR) is 87.7 cm³/mol. The lowest BCUT2D eigenvalue weighted by Crippen LogP contribution is -2.24. The Morgan fingerprint density at radius 2 is 1.96 bits per heavy atom. The maximum atomic E-state index is 12.4. The number of hydrogen-bond donors (Lipinski definition) is 1. The third-order valence-electron chi connectivity index (χ3n) is 3.86. The van der Waals surface area contributed by atoms with Gasteiger partial charge in [-0.15, -0.1) is 0 Å². The average molecular weight is 324 g/mol. The minimum atomic E-state index is -0.641. The number of aromatic amines is 1. The molecule has 6 heteroatoms. The number of ketones is 1. The Hall–Kier alpha value is -3.15. The van der Waals surface area contributed by atoms with Crippen LogP contribution in [0.2, 0.25) is 0 Å². The Morgan fingerprint density at radius 1 is 1.21 bits per heavy atom. The van der Waals surface area contributed by atoms with Crippen LogP contribution in [-0.2, 0) is 11.2 Å². The number of Topliss-reactive ketones (excluding diaryl/α,β-unsaturated/α-hetero) is 1. The summed E-state index contributed by atoms with van der Waals surface area (Å²) in [4.78, 5) is 27.4. The molecule has 0 aliphatic heterocycles. The van der Waals surface area contributed by atoms with Crippen LogP contribution in [0.1, 0.15) is 33.2 Å². The average Bonchev–Trinajstić information content (AvgIpc) is 3.04. The second kappa shape index (κ2) is 6.54. The van der Waals surface area contributed by atoms with Gasteiger partial charge in [-0.25, -0.2) is 4.79 Å². The molecule has 3 aromatic rings. The van der Waals surface area contributed by atoms with E-state index in [9.17, 15) is 14.8 Å². The number of rotatable bonds is 5. The van der Waals surface area contributed by atoms with Crippen molar-refractivity contribution < 1.29 is 19.1 Å². The van der Waals surface area contributed by atoms with Crippen LogP contribution in [0, 0.1) is 5.21 Å². The number of nitrogens with zero attached hydrogens (tertiary/aromatic N) is 1.